The Balaban J connectivity index is -0.0000000960. The van der Waals surface area contributed by atoms with Crippen LogP contribution in [0.5, 0.6) is 0 Å². The Bertz CT molecular complexity index is 473. The van der Waals surface area contributed by atoms with Gasteiger partial charge in [-0.15, -0.1) is 0 Å². The fourth-order valence-electron chi connectivity index (χ4n) is 0.758. The van der Waals surface area contributed by atoms with Crippen molar-refractivity contribution in [1.29, 1.82) is 0 Å². The zero-order valence-corrected chi connectivity index (χ0v) is 18.1. The van der Waals surface area contributed by atoms with Gasteiger partial charge in [-0.2, -0.15) is 0 Å². The molecule has 162 valence electrons. The summed E-state index contributed by atoms with van der Waals surface area (Å²) in [7, 11) is 0. The maximum absolute atomic E-state index is 9.72. The number of carbonyl (C=O) groups is 6. The molecule has 0 saturated heterocycles. The summed E-state index contributed by atoms with van der Waals surface area (Å²) in [5.41, 5.74) is 0. The van der Waals surface area contributed by atoms with Gasteiger partial charge in [0.25, 0.3) is 0 Å². The van der Waals surface area contributed by atoms with Crippen LogP contribution in [0.25, 0.3) is 0 Å². The van der Waals surface area contributed by atoms with Gasteiger partial charge in [0.2, 0.25) is 0 Å². The van der Waals surface area contributed by atoms with Gasteiger partial charge >= 0.3 is 35.8 Å². The van der Waals surface area contributed by atoms with Crippen molar-refractivity contribution in [1.82, 2.24) is 0 Å². The van der Waals surface area contributed by atoms with Crippen molar-refractivity contribution in [3.63, 3.8) is 0 Å². The van der Waals surface area contributed by atoms with Crippen molar-refractivity contribution in [2.75, 3.05) is 0 Å². The summed E-state index contributed by atoms with van der Waals surface area (Å²) < 4.78 is 0. The molecule has 15 nitrogen and oxygen atoms in total. The molecular weight excluding hydrogens is 474 g/mol. The SMILES string of the molecule is O=C(O)CC(O)C(=O)O.O=C(O)CC(O)C(=O)O.O=C(O)CC(O)C(=O)O.[Sc].[Sc]. The third kappa shape index (κ3) is 31.4. The molecule has 29 heavy (non-hydrogen) atoms. The predicted octanol–water partition coefficient (Wildman–Crippen LogP) is -3.29. The topological polar surface area (TPSA) is 284 Å². The van der Waals surface area contributed by atoms with Crippen molar-refractivity contribution in [3.8, 4) is 0 Å². The molecule has 2 radical (unpaired) electrons. The summed E-state index contributed by atoms with van der Waals surface area (Å²) in [6, 6.07) is 0. The van der Waals surface area contributed by atoms with Crippen LogP contribution in [0.15, 0.2) is 0 Å². The van der Waals surface area contributed by atoms with Crippen LogP contribution in [0, 0.1) is 0 Å². The molecule has 0 aliphatic carbocycles. The fraction of sp³-hybridized carbons (Fsp3) is 0.500. The summed E-state index contributed by atoms with van der Waals surface area (Å²) in [4.78, 5) is 58.2. The molecule has 0 aromatic rings. The maximum atomic E-state index is 9.72. The van der Waals surface area contributed by atoms with Crippen LogP contribution < -0.4 is 0 Å². The number of aliphatic hydroxyl groups excluding tert-OH is 3. The minimum absolute atomic E-state index is 0. The molecule has 17 heteroatoms. The second kappa shape index (κ2) is 21.2. The van der Waals surface area contributed by atoms with Crippen LogP contribution in [0.3, 0.4) is 0 Å². The van der Waals surface area contributed by atoms with E-state index in [1.165, 1.54) is 0 Å². The maximum Gasteiger partial charge on any atom is 0.333 e. The van der Waals surface area contributed by atoms with E-state index < -0.39 is 73.4 Å². The van der Waals surface area contributed by atoms with Gasteiger partial charge in [0.15, 0.2) is 18.3 Å². The fourth-order valence-corrected chi connectivity index (χ4v) is 0.758. The van der Waals surface area contributed by atoms with E-state index in [1.807, 2.05) is 0 Å². The first kappa shape index (κ1) is 38.1. The van der Waals surface area contributed by atoms with E-state index in [2.05, 4.69) is 0 Å². The van der Waals surface area contributed by atoms with E-state index in [0.717, 1.165) is 0 Å². The third-order valence-electron chi connectivity index (χ3n) is 1.96. The molecule has 0 aromatic heterocycles. The van der Waals surface area contributed by atoms with Crippen LogP contribution in [0.4, 0.5) is 0 Å². The number of carboxylic acid groups (broad SMARTS) is 6. The van der Waals surface area contributed by atoms with Crippen molar-refractivity contribution < 1.29 is 126 Å². The molecule has 3 unspecified atom stereocenters. The van der Waals surface area contributed by atoms with Crippen LogP contribution in [-0.2, 0) is 80.5 Å². The smallest absolute Gasteiger partial charge is 0.333 e. The molecule has 0 aliphatic heterocycles. The summed E-state index contributed by atoms with van der Waals surface area (Å²) in [6.07, 6.45) is -7.63. The number of rotatable bonds is 9. The zero-order chi connectivity index (χ0) is 22.3. The minimum Gasteiger partial charge on any atom is -0.481 e. The molecule has 3 atom stereocenters. The molecule has 0 bridgehead atoms. The van der Waals surface area contributed by atoms with Crippen molar-refractivity contribution in [3.05, 3.63) is 0 Å². The summed E-state index contributed by atoms with van der Waals surface area (Å²) in [6.45, 7) is 0. The van der Waals surface area contributed by atoms with Crippen LogP contribution in [-0.4, -0.2) is 100 Å². The second-order valence-corrected chi connectivity index (χ2v) is 4.36. The Morgan fingerprint density at radius 2 is 0.586 bits per heavy atom. The molecular formula is C12H18O15Sc2. The second-order valence-electron chi connectivity index (χ2n) is 4.36. The minimum atomic E-state index is -1.79. The van der Waals surface area contributed by atoms with Crippen molar-refractivity contribution in [2.45, 2.75) is 37.6 Å². The van der Waals surface area contributed by atoms with E-state index in [0.29, 0.717) is 0 Å². The summed E-state index contributed by atoms with van der Waals surface area (Å²) >= 11 is 0. The van der Waals surface area contributed by atoms with Gasteiger partial charge in [-0.05, 0) is 0 Å². The first-order chi connectivity index (χ1) is 12.1. The molecule has 0 fully saturated rings. The Morgan fingerprint density at radius 1 is 0.448 bits per heavy atom. The van der Waals surface area contributed by atoms with E-state index in [4.69, 9.17) is 46.0 Å². The largest absolute Gasteiger partial charge is 0.481 e. The summed E-state index contributed by atoms with van der Waals surface area (Å²) in [5, 5.41) is 72.4. The van der Waals surface area contributed by atoms with Crippen LogP contribution in [0.2, 0.25) is 0 Å². The standard InChI is InChI=1S/3C4H6O5.2Sc/c3*5-2(4(8)9)1-3(6)7;;/h3*2,5H,1H2,(H,6,7)(H,8,9);;. The molecule has 0 aromatic carbocycles. The predicted molar refractivity (Wildman–Crippen MR) is 77.7 cm³/mol. The van der Waals surface area contributed by atoms with Gasteiger partial charge in [-0.25, -0.2) is 14.4 Å². The van der Waals surface area contributed by atoms with Crippen molar-refractivity contribution in [2.24, 2.45) is 0 Å². The van der Waals surface area contributed by atoms with Gasteiger partial charge in [0, 0.05) is 51.7 Å². The van der Waals surface area contributed by atoms with Gasteiger partial charge in [0.1, 0.15) is 0 Å². The van der Waals surface area contributed by atoms with Gasteiger partial charge in [0.05, 0.1) is 19.3 Å². The van der Waals surface area contributed by atoms with Crippen LogP contribution >= 0.6 is 0 Å². The van der Waals surface area contributed by atoms with E-state index in [9.17, 15) is 28.8 Å². The average Bonchev–Trinajstić information content (AvgIpc) is 2.46. The molecule has 0 amide bonds. The van der Waals surface area contributed by atoms with Crippen LogP contribution in [0.1, 0.15) is 19.3 Å². The summed E-state index contributed by atoms with van der Waals surface area (Å²) in [5.74, 6) is -8.54. The quantitative estimate of drug-likeness (QED) is 0.152. The Labute approximate surface area is 199 Å². The number of hydrogen-bond donors (Lipinski definition) is 9. The number of carboxylic acids is 6. The van der Waals surface area contributed by atoms with Gasteiger partial charge in [-0.1, -0.05) is 0 Å². The number of hydrogen-bond acceptors (Lipinski definition) is 9. The molecule has 0 aliphatic rings. The van der Waals surface area contributed by atoms with Gasteiger partial charge < -0.3 is 46.0 Å². The molecule has 0 heterocycles. The normalized spacial score (nSPS) is 11.7. The number of aliphatic carboxylic acids is 6. The first-order valence-corrected chi connectivity index (χ1v) is 6.49. The Kier molecular flexibility index (Phi) is 27.8. The Morgan fingerprint density at radius 3 is 0.621 bits per heavy atom. The molecule has 0 rings (SSSR count). The van der Waals surface area contributed by atoms with E-state index in [1.54, 1.807) is 0 Å². The third-order valence-corrected chi connectivity index (χ3v) is 1.96. The number of aliphatic hydroxyl groups is 3. The van der Waals surface area contributed by atoms with E-state index in [-0.39, 0.29) is 51.7 Å². The molecule has 0 spiro atoms. The zero-order valence-electron chi connectivity index (χ0n) is 14.5. The van der Waals surface area contributed by atoms with Gasteiger partial charge in [-0.3, -0.25) is 14.4 Å². The van der Waals surface area contributed by atoms with E-state index >= 15 is 0 Å². The monoisotopic (exact) mass is 492 g/mol. The first-order valence-electron chi connectivity index (χ1n) is 6.49. The van der Waals surface area contributed by atoms with Crippen molar-refractivity contribution >= 4 is 35.8 Å². The molecule has 0 saturated carbocycles. The molecule has 9 N–H and O–H groups in total. The Hall–Kier alpha value is -1.56. The average molecular weight is 492 g/mol.